The van der Waals surface area contributed by atoms with Crippen molar-refractivity contribution < 1.29 is 9.53 Å². The predicted octanol–water partition coefficient (Wildman–Crippen LogP) is 7.27. The van der Waals surface area contributed by atoms with E-state index >= 15 is 0 Å². The van der Waals surface area contributed by atoms with E-state index in [4.69, 9.17) is 17.0 Å². The van der Waals surface area contributed by atoms with Crippen molar-refractivity contribution in [3.8, 4) is 0 Å². The molecular formula is C22H35BrO2S. The van der Waals surface area contributed by atoms with Crippen molar-refractivity contribution in [1.29, 1.82) is 0 Å². The number of unbranched alkanes of at least 4 members (excludes halogenated alkanes) is 3. The van der Waals surface area contributed by atoms with Crippen molar-refractivity contribution in [1.82, 2.24) is 0 Å². The molecule has 0 unspecified atom stereocenters. The second-order valence-electron chi connectivity index (χ2n) is 7.26. The van der Waals surface area contributed by atoms with E-state index in [-0.39, 0.29) is 12.4 Å². The van der Waals surface area contributed by atoms with E-state index < -0.39 is 5.60 Å². The number of hydrogen-bond donors (Lipinski definition) is 0. The molecule has 148 valence electrons. The normalized spacial score (nSPS) is 12.5. The molecular weight excluding hydrogens is 408 g/mol. The number of allylic oxidation sites excluding steroid dienone is 6. The molecule has 0 bridgehead atoms. The molecule has 4 heteroatoms. The molecule has 0 radical (unpaired) electrons. The molecule has 0 aliphatic carbocycles. The first-order chi connectivity index (χ1) is 12.3. The lowest BCUT2D eigenvalue weighted by atomic mass is 10.1. The van der Waals surface area contributed by atoms with Gasteiger partial charge in [-0.05, 0) is 65.7 Å². The predicted molar refractivity (Wildman–Crippen MR) is 121 cm³/mol. The molecule has 0 rings (SSSR count). The van der Waals surface area contributed by atoms with Gasteiger partial charge in [0.05, 0.1) is 6.42 Å². The number of rotatable bonds is 14. The van der Waals surface area contributed by atoms with Gasteiger partial charge in [0, 0.05) is 10.2 Å². The zero-order valence-corrected chi connectivity index (χ0v) is 19.0. The maximum atomic E-state index is 11.7. The molecule has 0 saturated carbocycles. The second-order valence-corrected chi connectivity index (χ2v) is 8.63. The van der Waals surface area contributed by atoms with Crippen LogP contribution in [0.4, 0.5) is 0 Å². The molecule has 0 heterocycles. The number of hydrogen-bond acceptors (Lipinski definition) is 3. The van der Waals surface area contributed by atoms with Crippen molar-refractivity contribution in [2.24, 2.45) is 0 Å². The Labute approximate surface area is 174 Å². The smallest absolute Gasteiger partial charge is 0.311 e. The number of carbonyl (C=O) groups excluding carboxylic acids is 1. The molecule has 0 amide bonds. The van der Waals surface area contributed by atoms with E-state index in [2.05, 4.69) is 52.4 Å². The van der Waals surface area contributed by atoms with Gasteiger partial charge in [-0.2, -0.15) is 0 Å². The summed E-state index contributed by atoms with van der Waals surface area (Å²) in [6.45, 7) is 5.60. The topological polar surface area (TPSA) is 26.3 Å². The lowest BCUT2D eigenvalue weighted by molar-refractivity contribution is -0.153. The van der Waals surface area contributed by atoms with Crippen LogP contribution in [0.5, 0.6) is 0 Å². The van der Waals surface area contributed by atoms with Crippen LogP contribution < -0.4 is 0 Å². The molecule has 0 spiro atoms. The molecule has 2 nitrogen and oxygen atoms in total. The quantitative estimate of drug-likeness (QED) is 0.0928. The van der Waals surface area contributed by atoms with Crippen LogP contribution in [0.1, 0.15) is 78.6 Å². The molecule has 0 aliphatic heterocycles. The summed E-state index contributed by atoms with van der Waals surface area (Å²) >= 11 is 8.71. The molecule has 0 aromatic carbocycles. The Balaban J connectivity index is 3.64. The average molecular weight is 443 g/mol. The summed E-state index contributed by atoms with van der Waals surface area (Å²) in [5, 5.41) is 1.11. The Bertz CT molecular complexity index is 473. The first kappa shape index (κ1) is 25.3. The van der Waals surface area contributed by atoms with E-state index in [1.807, 2.05) is 20.8 Å². The lowest BCUT2D eigenvalue weighted by Crippen LogP contribution is -2.25. The number of carbonyl (C=O) groups is 1. The van der Waals surface area contributed by atoms with Crippen LogP contribution in [0.15, 0.2) is 36.5 Å². The summed E-state index contributed by atoms with van der Waals surface area (Å²) in [5.74, 6) is -0.231. The second kappa shape index (κ2) is 16.4. The third kappa shape index (κ3) is 19.6. The van der Waals surface area contributed by atoms with Gasteiger partial charge in [0.1, 0.15) is 5.60 Å². The van der Waals surface area contributed by atoms with Crippen LogP contribution in [0.2, 0.25) is 0 Å². The summed E-state index contributed by atoms with van der Waals surface area (Å²) in [7, 11) is 0. The number of alkyl halides is 1. The maximum Gasteiger partial charge on any atom is 0.311 e. The van der Waals surface area contributed by atoms with Gasteiger partial charge in [0.25, 0.3) is 0 Å². The number of esters is 1. The van der Waals surface area contributed by atoms with Gasteiger partial charge in [-0.15, -0.1) is 0 Å². The lowest BCUT2D eigenvalue weighted by Gasteiger charge is -2.19. The van der Waals surface area contributed by atoms with Crippen molar-refractivity contribution in [3.63, 3.8) is 0 Å². The zero-order chi connectivity index (χ0) is 19.7. The van der Waals surface area contributed by atoms with Gasteiger partial charge in [-0.3, -0.25) is 4.79 Å². The first-order valence-electron chi connectivity index (χ1n) is 9.59. The Morgan fingerprint density at radius 2 is 1.50 bits per heavy atom. The highest BCUT2D eigenvalue weighted by Gasteiger charge is 2.16. The fourth-order valence-corrected chi connectivity index (χ4v) is 2.81. The highest BCUT2D eigenvalue weighted by molar-refractivity contribution is 9.09. The summed E-state index contributed by atoms with van der Waals surface area (Å²) in [6, 6.07) is 0. The third-order valence-electron chi connectivity index (χ3n) is 3.40. The Morgan fingerprint density at radius 3 is 2.08 bits per heavy atom. The molecule has 0 aliphatic rings. The summed E-state index contributed by atoms with van der Waals surface area (Å²) in [4.78, 5) is 12.4. The van der Waals surface area contributed by atoms with Crippen LogP contribution in [-0.2, 0) is 9.53 Å². The fraction of sp³-hybridized carbons (Fsp3) is 0.636. The van der Waals surface area contributed by atoms with E-state index in [1.54, 1.807) is 0 Å². The van der Waals surface area contributed by atoms with Gasteiger partial charge in [0.15, 0.2) is 0 Å². The van der Waals surface area contributed by atoms with Gasteiger partial charge in [0.2, 0.25) is 0 Å². The van der Waals surface area contributed by atoms with Crippen LogP contribution >= 0.6 is 28.1 Å². The number of halogens is 1. The number of thiocarbonyl (C=S) groups is 1. The van der Waals surface area contributed by atoms with Crippen LogP contribution in [0.3, 0.4) is 0 Å². The van der Waals surface area contributed by atoms with Crippen LogP contribution in [-0.4, -0.2) is 21.8 Å². The maximum absolute atomic E-state index is 11.7. The van der Waals surface area contributed by atoms with Crippen molar-refractivity contribution in [2.75, 3.05) is 5.33 Å². The van der Waals surface area contributed by atoms with Crippen molar-refractivity contribution >= 4 is 39.0 Å². The highest BCUT2D eigenvalue weighted by Crippen LogP contribution is 2.10. The molecule has 26 heavy (non-hydrogen) atoms. The number of ether oxygens (including phenoxy) is 1. The molecule has 0 atom stereocenters. The van der Waals surface area contributed by atoms with Crippen LogP contribution in [0, 0.1) is 0 Å². The SMILES string of the molecule is CC(C)(C)OC(=O)CC(=S)CCC=CCC=CCC=CCCCCCBr. The van der Waals surface area contributed by atoms with Crippen LogP contribution in [0.25, 0.3) is 0 Å². The van der Waals surface area contributed by atoms with Crippen molar-refractivity contribution in [2.45, 2.75) is 84.2 Å². The molecule has 0 aromatic rings. The van der Waals surface area contributed by atoms with E-state index in [0.717, 1.165) is 35.9 Å². The summed E-state index contributed by atoms with van der Waals surface area (Å²) in [5.41, 5.74) is -0.443. The first-order valence-corrected chi connectivity index (χ1v) is 11.1. The fourth-order valence-electron chi connectivity index (χ4n) is 2.18. The van der Waals surface area contributed by atoms with Gasteiger partial charge < -0.3 is 4.74 Å². The summed E-state index contributed by atoms with van der Waals surface area (Å²) in [6.07, 6.45) is 22.0. The van der Waals surface area contributed by atoms with Gasteiger partial charge in [-0.1, -0.05) is 71.0 Å². The van der Waals surface area contributed by atoms with Crippen molar-refractivity contribution in [3.05, 3.63) is 36.5 Å². The molecule has 0 saturated heterocycles. The minimum atomic E-state index is -0.443. The van der Waals surface area contributed by atoms with Gasteiger partial charge in [-0.25, -0.2) is 0 Å². The Morgan fingerprint density at radius 1 is 0.923 bits per heavy atom. The Kier molecular flexibility index (Phi) is 16.0. The van der Waals surface area contributed by atoms with E-state index in [1.165, 1.54) is 25.7 Å². The molecule has 0 N–H and O–H groups in total. The minimum Gasteiger partial charge on any atom is -0.460 e. The van der Waals surface area contributed by atoms with Gasteiger partial charge >= 0.3 is 5.97 Å². The molecule has 0 fully saturated rings. The third-order valence-corrected chi connectivity index (χ3v) is 4.31. The Hall–Kier alpha value is -0.740. The van der Waals surface area contributed by atoms with E-state index in [9.17, 15) is 4.79 Å². The van der Waals surface area contributed by atoms with E-state index in [0.29, 0.717) is 0 Å². The standard InChI is InChI=1S/C22H35BrO2S/c1-22(2,3)25-21(24)19-20(26)17-15-13-11-9-7-5-4-6-8-10-12-14-16-18-23/h5-8,11,13H,4,9-10,12,14-19H2,1-3H3. The highest BCUT2D eigenvalue weighted by atomic mass is 79.9. The zero-order valence-electron chi connectivity index (χ0n) is 16.6. The average Bonchev–Trinajstić information content (AvgIpc) is 2.53. The monoisotopic (exact) mass is 442 g/mol. The molecule has 0 aromatic heterocycles. The summed E-state index contributed by atoms with van der Waals surface area (Å²) < 4.78 is 5.27. The minimum absolute atomic E-state index is 0.231. The largest absolute Gasteiger partial charge is 0.460 e.